The van der Waals surface area contributed by atoms with Crippen LogP contribution in [0.25, 0.3) is 0 Å². The summed E-state index contributed by atoms with van der Waals surface area (Å²) in [5.41, 5.74) is 2.15. The number of aryl methyl sites for hydroxylation is 1. The van der Waals surface area contributed by atoms with E-state index >= 15 is 0 Å². The standard InChI is InChI=1S/C10H13N2O2/c1-4-8-5-9(11-13)7-10(6-8)12(2)14-3/h5-7H,2,4H2,1,3H3/q+1. The number of nitroso groups, excluding NO2 is 1. The van der Waals surface area contributed by atoms with Crippen LogP contribution < -0.4 is 0 Å². The van der Waals surface area contributed by atoms with E-state index in [1.807, 2.05) is 13.0 Å². The van der Waals surface area contributed by atoms with Crippen LogP contribution in [-0.2, 0) is 11.3 Å². The molecule has 14 heavy (non-hydrogen) atoms. The van der Waals surface area contributed by atoms with Crippen molar-refractivity contribution in [2.24, 2.45) is 5.18 Å². The first kappa shape index (κ1) is 10.4. The summed E-state index contributed by atoms with van der Waals surface area (Å²) < 4.78 is 1.34. The molecule has 4 heteroatoms. The second-order valence-electron chi connectivity index (χ2n) is 2.86. The summed E-state index contributed by atoms with van der Waals surface area (Å²) >= 11 is 0. The Kier molecular flexibility index (Phi) is 3.34. The first-order valence-electron chi connectivity index (χ1n) is 4.33. The largest absolute Gasteiger partial charge is 0.275 e. The predicted molar refractivity (Wildman–Crippen MR) is 55.3 cm³/mol. The topological polar surface area (TPSA) is 41.7 Å². The zero-order valence-electron chi connectivity index (χ0n) is 8.36. The molecule has 0 heterocycles. The fourth-order valence-electron chi connectivity index (χ4n) is 1.16. The minimum absolute atomic E-state index is 0.394. The fourth-order valence-corrected chi connectivity index (χ4v) is 1.16. The van der Waals surface area contributed by atoms with Gasteiger partial charge < -0.3 is 0 Å². The van der Waals surface area contributed by atoms with Crippen molar-refractivity contribution in [3.05, 3.63) is 28.7 Å². The minimum Gasteiger partial charge on any atom is -0.275 e. The van der Waals surface area contributed by atoms with E-state index in [-0.39, 0.29) is 0 Å². The summed E-state index contributed by atoms with van der Waals surface area (Å²) in [4.78, 5) is 15.3. The van der Waals surface area contributed by atoms with Crippen LogP contribution in [0.1, 0.15) is 12.5 Å². The average Bonchev–Trinajstić information content (AvgIpc) is 2.27. The van der Waals surface area contributed by atoms with Crippen LogP contribution in [0.4, 0.5) is 11.4 Å². The van der Waals surface area contributed by atoms with E-state index in [4.69, 9.17) is 4.84 Å². The summed E-state index contributed by atoms with van der Waals surface area (Å²) in [6, 6.07) is 5.29. The third-order valence-electron chi connectivity index (χ3n) is 1.98. The molecular weight excluding hydrogens is 180 g/mol. The molecule has 0 spiro atoms. The van der Waals surface area contributed by atoms with Crippen LogP contribution >= 0.6 is 0 Å². The fraction of sp³-hybridized carbons (Fsp3) is 0.300. The molecule has 0 bridgehead atoms. The van der Waals surface area contributed by atoms with Crippen LogP contribution in [0.15, 0.2) is 23.4 Å². The quantitative estimate of drug-likeness (QED) is 0.319. The highest BCUT2D eigenvalue weighted by atomic mass is 16.6. The molecule has 0 amide bonds. The highest BCUT2D eigenvalue weighted by molar-refractivity contribution is 5.50. The lowest BCUT2D eigenvalue weighted by Crippen LogP contribution is -1.99. The van der Waals surface area contributed by atoms with Crippen molar-refractivity contribution in [1.82, 2.24) is 0 Å². The second-order valence-corrected chi connectivity index (χ2v) is 2.86. The van der Waals surface area contributed by atoms with Crippen molar-refractivity contribution >= 4 is 18.1 Å². The molecule has 0 aliphatic heterocycles. The Morgan fingerprint density at radius 3 is 2.71 bits per heavy atom. The number of hydrogen-bond donors (Lipinski definition) is 0. The maximum atomic E-state index is 10.4. The van der Waals surface area contributed by atoms with Crippen molar-refractivity contribution < 1.29 is 9.58 Å². The van der Waals surface area contributed by atoms with Gasteiger partial charge in [0.25, 0.3) is 5.69 Å². The van der Waals surface area contributed by atoms with Gasteiger partial charge in [-0.1, -0.05) is 6.92 Å². The molecule has 4 nitrogen and oxygen atoms in total. The molecule has 0 unspecified atom stereocenters. The molecule has 0 aliphatic carbocycles. The molecule has 0 saturated heterocycles. The van der Waals surface area contributed by atoms with Crippen molar-refractivity contribution in [3.8, 4) is 0 Å². The number of rotatable bonds is 4. The second kappa shape index (κ2) is 4.50. The molecule has 1 aromatic rings. The van der Waals surface area contributed by atoms with Crippen molar-refractivity contribution in [2.45, 2.75) is 13.3 Å². The monoisotopic (exact) mass is 193 g/mol. The Morgan fingerprint density at radius 1 is 1.50 bits per heavy atom. The molecular formula is C10H13N2O2+. The highest BCUT2D eigenvalue weighted by Gasteiger charge is 2.10. The van der Waals surface area contributed by atoms with Gasteiger partial charge in [0.05, 0.1) is 0 Å². The van der Waals surface area contributed by atoms with Gasteiger partial charge in [0, 0.05) is 16.9 Å². The van der Waals surface area contributed by atoms with Gasteiger partial charge in [-0.05, 0) is 23.2 Å². The SMILES string of the molecule is C=[N+](OC)c1cc(CC)cc(N=O)c1. The molecule has 74 valence electrons. The maximum Gasteiger partial charge on any atom is 0.259 e. The number of hydrogen-bond acceptors (Lipinski definition) is 3. The Hall–Kier alpha value is -1.71. The van der Waals surface area contributed by atoms with Crippen molar-refractivity contribution in [2.75, 3.05) is 7.11 Å². The highest BCUT2D eigenvalue weighted by Crippen LogP contribution is 2.23. The number of benzene rings is 1. The summed E-state index contributed by atoms with van der Waals surface area (Å²) in [6.45, 7) is 5.65. The molecule has 0 radical (unpaired) electrons. The molecule has 0 fully saturated rings. The first-order chi connectivity index (χ1) is 6.71. The number of nitrogens with zero attached hydrogens (tertiary/aromatic N) is 2. The van der Waals surface area contributed by atoms with E-state index in [0.29, 0.717) is 5.69 Å². The lowest BCUT2D eigenvalue weighted by Gasteiger charge is -2.00. The summed E-state index contributed by atoms with van der Waals surface area (Å²) in [5, 5.41) is 2.90. The molecule has 0 saturated carbocycles. The Labute approximate surface area is 82.8 Å². The van der Waals surface area contributed by atoms with Gasteiger partial charge in [0.1, 0.15) is 12.8 Å². The van der Waals surface area contributed by atoms with Crippen LogP contribution in [-0.4, -0.2) is 18.6 Å². The molecule has 0 aromatic heterocycles. The van der Waals surface area contributed by atoms with Crippen LogP contribution in [0.2, 0.25) is 0 Å². The molecule has 0 atom stereocenters. The Morgan fingerprint density at radius 2 is 2.21 bits per heavy atom. The minimum atomic E-state index is 0.394. The lowest BCUT2D eigenvalue weighted by molar-refractivity contribution is -0.714. The van der Waals surface area contributed by atoms with E-state index in [2.05, 4.69) is 11.9 Å². The predicted octanol–water partition coefficient (Wildman–Crippen LogP) is 2.55. The summed E-state index contributed by atoms with van der Waals surface area (Å²) in [7, 11) is 1.51. The van der Waals surface area contributed by atoms with E-state index in [9.17, 15) is 4.91 Å². The zero-order valence-corrected chi connectivity index (χ0v) is 8.36. The smallest absolute Gasteiger partial charge is 0.259 e. The van der Waals surface area contributed by atoms with Crippen molar-refractivity contribution in [1.29, 1.82) is 0 Å². The third-order valence-corrected chi connectivity index (χ3v) is 1.98. The van der Waals surface area contributed by atoms with Crippen LogP contribution in [0, 0.1) is 4.91 Å². The Bertz CT molecular complexity index is 361. The van der Waals surface area contributed by atoms with Gasteiger partial charge in [-0.3, -0.25) is 4.84 Å². The van der Waals surface area contributed by atoms with Gasteiger partial charge in [-0.2, -0.15) is 0 Å². The van der Waals surface area contributed by atoms with Gasteiger partial charge in [0.15, 0.2) is 6.72 Å². The van der Waals surface area contributed by atoms with Gasteiger partial charge in [-0.15, -0.1) is 4.91 Å². The Balaban J connectivity index is 3.16. The third kappa shape index (κ3) is 2.16. The maximum absolute atomic E-state index is 10.4. The molecule has 0 aliphatic rings. The first-order valence-corrected chi connectivity index (χ1v) is 4.33. The van der Waals surface area contributed by atoms with E-state index < -0.39 is 0 Å². The normalized spacial score (nSPS) is 9.57. The summed E-state index contributed by atoms with van der Waals surface area (Å²) in [5.74, 6) is 0. The zero-order chi connectivity index (χ0) is 10.6. The van der Waals surface area contributed by atoms with Crippen LogP contribution in [0.5, 0.6) is 0 Å². The average molecular weight is 193 g/mol. The molecule has 1 aromatic carbocycles. The van der Waals surface area contributed by atoms with E-state index in [1.165, 1.54) is 11.8 Å². The summed E-state index contributed by atoms with van der Waals surface area (Å²) in [6.07, 6.45) is 0.841. The molecule has 1 rings (SSSR count). The van der Waals surface area contributed by atoms with Gasteiger partial charge in [-0.25, -0.2) is 0 Å². The van der Waals surface area contributed by atoms with Gasteiger partial charge in [0.2, 0.25) is 0 Å². The molecule has 0 N–H and O–H groups in total. The van der Waals surface area contributed by atoms with E-state index in [1.54, 1.807) is 12.1 Å². The van der Waals surface area contributed by atoms with E-state index in [0.717, 1.165) is 17.7 Å². The van der Waals surface area contributed by atoms with Gasteiger partial charge >= 0.3 is 0 Å². The van der Waals surface area contributed by atoms with Crippen LogP contribution in [0.3, 0.4) is 0 Å². The van der Waals surface area contributed by atoms with Crippen molar-refractivity contribution in [3.63, 3.8) is 0 Å². The lowest BCUT2D eigenvalue weighted by atomic mass is 10.1.